The lowest BCUT2D eigenvalue weighted by Gasteiger charge is -2.15. The van der Waals surface area contributed by atoms with Crippen molar-refractivity contribution in [2.24, 2.45) is 11.1 Å². The van der Waals surface area contributed by atoms with Gasteiger partial charge in [0.25, 0.3) is 0 Å². The van der Waals surface area contributed by atoms with Gasteiger partial charge in [-0.05, 0) is 24.5 Å². The van der Waals surface area contributed by atoms with Gasteiger partial charge in [-0.15, -0.1) is 0 Å². The third-order valence-corrected chi connectivity index (χ3v) is 2.34. The highest BCUT2D eigenvalue weighted by atomic mass is 16.5. The molecule has 0 aromatic carbocycles. The Hall–Kier alpha value is -2.22. The molecule has 102 valence electrons. The number of alkyl carbamates (subject to hydrolysis) is 1. The Morgan fingerprint density at radius 2 is 2.42 bits per heavy atom. The molecule has 0 aromatic heterocycles. The first-order chi connectivity index (χ1) is 9.11. The van der Waals surface area contributed by atoms with Gasteiger partial charge in [0.15, 0.2) is 0 Å². The fraction of sp³-hybridized carbons (Fsp3) is 0.429. The van der Waals surface area contributed by atoms with Crippen LogP contribution in [0, 0.1) is 5.92 Å². The summed E-state index contributed by atoms with van der Waals surface area (Å²) in [6, 6.07) is -0.344. The molecule has 1 atom stereocenters. The maximum Gasteiger partial charge on any atom is 0.408 e. The van der Waals surface area contributed by atoms with Gasteiger partial charge in [0.2, 0.25) is 0 Å². The average molecular weight is 262 g/mol. The molecule has 0 saturated carbocycles. The molecule has 0 radical (unpaired) electrons. The number of hydrogen-bond acceptors (Lipinski definition) is 4. The first kappa shape index (κ1) is 14.8. The summed E-state index contributed by atoms with van der Waals surface area (Å²) in [7, 11) is 0. The van der Waals surface area contributed by atoms with E-state index in [4.69, 9.17) is 9.94 Å². The van der Waals surface area contributed by atoms with Gasteiger partial charge in [-0.1, -0.05) is 36.5 Å². The highest BCUT2D eigenvalue weighted by molar-refractivity contribution is 5.75. The fourth-order valence-electron chi connectivity index (χ4n) is 1.55. The maximum atomic E-state index is 11.6. The van der Waals surface area contributed by atoms with Crippen molar-refractivity contribution in [2.45, 2.75) is 26.3 Å². The second-order valence-corrected chi connectivity index (χ2v) is 4.54. The van der Waals surface area contributed by atoms with Crippen LogP contribution in [0.5, 0.6) is 0 Å². The molecule has 1 amide bonds. The minimum Gasteiger partial charge on any atom is -0.444 e. The normalized spacial score (nSPS) is 14.8. The van der Waals surface area contributed by atoms with Crippen LogP contribution in [0.25, 0.3) is 0 Å². The second kappa shape index (κ2) is 7.98. The number of rotatable bonds is 6. The molecule has 2 N–H and O–H groups in total. The Morgan fingerprint density at radius 3 is 3.00 bits per heavy atom. The summed E-state index contributed by atoms with van der Waals surface area (Å²) in [5.74, 6) is 0.361. The van der Waals surface area contributed by atoms with E-state index in [-0.39, 0.29) is 12.6 Å². The molecular weight excluding hydrogens is 244 g/mol. The van der Waals surface area contributed by atoms with Crippen LogP contribution in [0.15, 0.2) is 40.4 Å². The van der Waals surface area contributed by atoms with Crippen molar-refractivity contribution in [1.82, 2.24) is 5.32 Å². The third-order valence-electron chi connectivity index (χ3n) is 2.34. The van der Waals surface area contributed by atoms with Crippen molar-refractivity contribution in [3.05, 3.63) is 35.3 Å². The van der Waals surface area contributed by atoms with Crippen LogP contribution in [0.4, 0.5) is 4.79 Å². The van der Waals surface area contributed by atoms with Crippen molar-refractivity contribution >= 4 is 12.3 Å². The molecule has 0 bridgehead atoms. The molecule has 5 heteroatoms. The summed E-state index contributed by atoms with van der Waals surface area (Å²) in [6.07, 6.45) is 6.72. The molecular formula is C14H18N2O3. The number of carbonyl (C=O) groups excluding carboxylic acids is 1. The van der Waals surface area contributed by atoms with Gasteiger partial charge in [0.05, 0.1) is 12.3 Å². The molecule has 0 aromatic rings. The Balaban J connectivity index is 2.42. The van der Waals surface area contributed by atoms with Crippen LogP contribution in [-0.4, -0.2) is 30.2 Å². The van der Waals surface area contributed by atoms with E-state index < -0.39 is 6.09 Å². The van der Waals surface area contributed by atoms with Crippen LogP contribution < -0.4 is 5.32 Å². The van der Waals surface area contributed by atoms with Crippen LogP contribution in [0.3, 0.4) is 0 Å². The monoisotopic (exact) mass is 262 g/mol. The van der Waals surface area contributed by atoms with Crippen molar-refractivity contribution < 1.29 is 14.7 Å². The van der Waals surface area contributed by atoms with Gasteiger partial charge >= 0.3 is 6.09 Å². The zero-order chi connectivity index (χ0) is 14.1. The van der Waals surface area contributed by atoms with Crippen LogP contribution in [0.1, 0.15) is 20.3 Å². The Morgan fingerprint density at radius 1 is 1.63 bits per heavy atom. The number of hydrogen-bond donors (Lipinski definition) is 2. The van der Waals surface area contributed by atoms with E-state index in [1.807, 2.05) is 13.8 Å². The fourth-order valence-corrected chi connectivity index (χ4v) is 1.55. The largest absolute Gasteiger partial charge is 0.444 e. The molecule has 1 unspecified atom stereocenters. The van der Waals surface area contributed by atoms with E-state index in [0.29, 0.717) is 12.3 Å². The first-order valence-electron chi connectivity index (χ1n) is 6.10. The summed E-state index contributed by atoms with van der Waals surface area (Å²) in [5.41, 5.74) is 6.36. The highest BCUT2D eigenvalue weighted by Crippen LogP contribution is 2.04. The second-order valence-electron chi connectivity index (χ2n) is 4.54. The number of amides is 1. The van der Waals surface area contributed by atoms with Crippen molar-refractivity contribution in [3.63, 3.8) is 0 Å². The lowest BCUT2D eigenvalue weighted by Crippen LogP contribution is -2.37. The van der Waals surface area contributed by atoms with Gasteiger partial charge in [0, 0.05) is 5.57 Å². The third kappa shape index (κ3) is 6.32. The number of oxime groups is 1. The molecule has 1 aliphatic carbocycles. The predicted octanol–water partition coefficient (Wildman–Crippen LogP) is 2.39. The SMILES string of the molecule is CC(C)CC(/C=N/O)NC(=O)OCC1=C=C=CC=C1. The zero-order valence-electron chi connectivity index (χ0n) is 11.1. The molecule has 1 aliphatic rings. The smallest absolute Gasteiger partial charge is 0.408 e. The Kier molecular flexibility index (Phi) is 6.23. The van der Waals surface area contributed by atoms with Crippen molar-refractivity contribution in [2.75, 3.05) is 6.61 Å². The standard InChI is InChI=1S/C14H18N2O3/c1-11(2)8-13(9-15-18)16-14(17)19-10-12-6-4-3-5-7-12/h3-4,6,9,11,13,18H,8,10H2,1-2H3,(H,16,17)/b15-9+. The zero-order valence-corrected chi connectivity index (χ0v) is 11.1. The van der Waals surface area contributed by atoms with Gasteiger partial charge in [-0.3, -0.25) is 0 Å². The summed E-state index contributed by atoms with van der Waals surface area (Å²) in [4.78, 5) is 11.6. The van der Waals surface area contributed by atoms with E-state index in [0.717, 1.165) is 5.57 Å². The van der Waals surface area contributed by atoms with Gasteiger partial charge in [0.1, 0.15) is 6.61 Å². The van der Waals surface area contributed by atoms with E-state index in [1.165, 1.54) is 6.21 Å². The molecule has 1 rings (SSSR count). The molecule has 0 spiro atoms. The topological polar surface area (TPSA) is 70.9 Å². The molecule has 0 saturated heterocycles. The Labute approximate surface area is 112 Å². The summed E-state index contributed by atoms with van der Waals surface area (Å²) in [5, 5.41) is 14.1. The average Bonchev–Trinajstić information content (AvgIpc) is 2.37. The lowest BCUT2D eigenvalue weighted by atomic mass is 10.1. The lowest BCUT2D eigenvalue weighted by molar-refractivity contribution is 0.154. The molecule has 5 nitrogen and oxygen atoms in total. The predicted molar refractivity (Wildman–Crippen MR) is 72.3 cm³/mol. The quantitative estimate of drug-likeness (QED) is 0.334. The maximum absolute atomic E-state index is 11.6. The summed E-state index contributed by atoms with van der Waals surface area (Å²) >= 11 is 0. The van der Waals surface area contributed by atoms with Crippen molar-refractivity contribution in [3.8, 4) is 0 Å². The number of carbonyl (C=O) groups is 1. The van der Waals surface area contributed by atoms with E-state index in [2.05, 4.69) is 21.9 Å². The van der Waals surface area contributed by atoms with E-state index in [9.17, 15) is 4.79 Å². The molecule has 0 heterocycles. The minimum atomic E-state index is -0.553. The highest BCUT2D eigenvalue weighted by Gasteiger charge is 2.13. The Bertz CT molecular complexity index is 465. The number of nitrogens with one attached hydrogen (secondary N) is 1. The van der Waals surface area contributed by atoms with Gasteiger partial charge in [-0.25, -0.2) is 4.79 Å². The first-order valence-corrected chi connectivity index (χ1v) is 6.10. The minimum absolute atomic E-state index is 0.133. The van der Waals surface area contributed by atoms with E-state index >= 15 is 0 Å². The number of nitrogens with zero attached hydrogens (tertiary/aromatic N) is 1. The van der Waals surface area contributed by atoms with Crippen LogP contribution in [-0.2, 0) is 4.74 Å². The van der Waals surface area contributed by atoms with Gasteiger partial charge < -0.3 is 15.3 Å². The number of ether oxygens (including phenoxy) is 1. The summed E-state index contributed by atoms with van der Waals surface area (Å²) in [6.45, 7) is 4.16. The van der Waals surface area contributed by atoms with Crippen molar-refractivity contribution in [1.29, 1.82) is 0 Å². The summed E-state index contributed by atoms with van der Waals surface area (Å²) < 4.78 is 5.04. The number of allylic oxidation sites excluding steroid dienone is 2. The molecule has 0 fully saturated rings. The van der Waals surface area contributed by atoms with Gasteiger partial charge in [-0.2, -0.15) is 0 Å². The molecule has 0 aliphatic heterocycles. The van der Waals surface area contributed by atoms with Crippen LogP contribution >= 0.6 is 0 Å². The van der Waals surface area contributed by atoms with E-state index in [1.54, 1.807) is 18.2 Å². The molecule has 19 heavy (non-hydrogen) atoms. The van der Waals surface area contributed by atoms with Crippen LogP contribution in [0.2, 0.25) is 0 Å².